The van der Waals surface area contributed by atoms with E-state index in [9.17, 15) is 15.3 Å². The molecule has 0 unspecified atom stereocenters. The molecule has 5 nitrogen and oxygen atoms in total. The summed E-state index contributed by atoms with van der Waals surface area (Å²) in [6.45, 7) is 7.69. The van der Waals surface area contributed by atoms with E-state index in [1.54, 1.807) is 36.4 Å². The Labute approximate surface area is 193 Å². The quantitative estimate of drug-likeness (QED) is 0.303. The fraction of sp³-hybridized carbons (Fsp3) is 0.143. The first-order valence-electron chi connectivity index (χ1n) is 10.7. The molecule has 0 bridgehead atoms. The number of aryl methyl sites for hydroxylation is 3. The standard InChI is InChI=1S/C28H27NO4/c1-17-9-21(14-23(30)11-17)29(22-10-18(2)12-24(31)15-22)26-7-5-6-8-27(26)33-28-16-25(32)13-19(3)20(28)4/h5-16,30-32H,1-4H3. The fourth-order valence-electron chi connectivity index (χ4n) is 3.93. The molecule has 5 heteroatoms. The summed E-state index contributed by atoms with van der Waals surface area (Å²) in [6.07, 6.45) is 0. The lowest BCUT2D eigenvalue weighted by Crippen LogP contribution is -2.11. The van der Waals surface area contributed by atoms with E-state index in [4.69, 9.17) is 4.74 Å². The van der Waals surface area contributed by atoms with E-state index in [1.165, 1.54) is 0 Å². The lowest BCUT2D eigenvalue weighted by molar-refractivity contribution is 0.452. The van der Waals surface area contributed by atoms with Gasteiger partial charge in [0.2, 0.25) is 0 Å². The van der Waals surface area contributed by atoms with Crippen molar-refractivity contribution in [1.29, 1.82) is 0 Å². The number of benzene rings is 4. The number of phenols is 3. The van der Waals surface area contributed by atoms with E-state index >= 15 is 0 Å². The van der Waals surface area contributed by atoms with Gasteiger partial charge in [0.15, 0.2) is 5.75 Å². The van der Waals surface area contributed by atoms with Gasteiger partial charge in [-0.3, -0.25) is 0 Å². The molecule has 0 aliphatic carbocycles. The zero-order valence-electron chi connectivity index (χ0n) is 19.1. The Morgan fingerprint density at radius 3 is 1.73 bits per heavy atom. The van der Waals surface area contributed by atoms with Crippen LogP contribution in [0.15, 0.2) is 72.8 Å². The van der Waals surface area contributed by atoms with Gasteiger partial charge in [0.25, 0.3) is 0 Å². The summed E-state index contributed by atoms with van der Waals surface area (Å²) in [5.41, 5.74) is 5.79. The Bertz CT molecular complexity index is 1240. The van der Waals surface area contributed by atoms with Gasteiger partial charge in [-0.05, 0) is 92.4 Å². The Kier molecular flexibility index (Phi) is 5.88. The Hall–Kier alpha value is -4.12. The zero-order valence-corrected chi connectivity index (χ0v) is 19.1. The lowest BCUT2D eigenvalue weighted by atomic mass is 10.1. The largest absolute Gasteiger partial charge is 0.508 e. The van der Waals surface area contributed by atoms with Gasteiger partial charge in [-0.1, -0.05) is 12.1 Å². The molecule has 0 aliphatic rings. The summed E-state index contributed by atoms with van der Waals surface area (Å²) in [6, 6.07) is 21.5. The van der Waals surface area contributed by atoms with Crippen molar-refractivity contribution in [2.24, 2.45) is 0 Å². The van der Waals surface area contributed by atoms with Crippen LogP contribution in [-0.4, -0.2) is 15.3 Å². The number of nitrogens with zero attached hydrogens (tertiary/aromatic N) is 1. The van der Waals surface area contributed by atoms with Gasteiger partial charge in [0, 0.05) is 18.2 Å². The second-order valence-corrected chi connectivity index (χ2v) is 8.34. The number of para-hydroxylation sites is 2. The average molecular weight is 442 g/mol. The van der Waals surface area contributed by atoms with Crippen molar-refractivity contribution in [3.63, 3.8) is 0 Å². The molecule has 33 heavy (non-hydrogen) atoms. The first-order valence-corrected chi connectivity index (χ1v) is 10.7. The molecule has 4 aromatic carbocycles. The zero-order chi connectivity index (χ0) is 23.7. The van der Waals surface area contributed by atoms with Gasteiger partial charge in [0.05, 0.1) is 17.1 Å². The highest BCUT2D eigenvalue weighted by Crippen LogP contribution is 2.44. The number of anilines is 3. The maximum atomic E-state index is 10.3. The summed E-state index contributed by atoms with van der Waals surface area (Å²) in [7, 11) is 0. The third-order valence-corrected chi connectivity index (χ3v) is 5.54. The molecule has 0 saturated carbocycles. The molecule has 4 rings (SSSR count). The predicted molar refractivity (Wildman–Crippen MR) is 132 cm³/mol. The predicted octanol–water partition coefficient (Wildman–Crippen LogP) is 7.30. The highest BCUT2D eigenvalue weighted by atomic mass is 16.5. The van der Waals surface area contributed by atoms with Crippen molar-refractivity contribution in [3.8, 4) is 28.7 Å². The van der Waals surface area contributed by atoms with E-state index in [1.807, 2.05) is 69.0 Å². The Balaban J connectivity index is 1.92. The van der Waals surface area contributed by atoms with Gasteiger partial charge < -0.3 is 25.0 Å². The van der Waals surface area contributed by atoms with Crippen molar-refractivity contribution in [2.75, 3.05) is 4.90 Å². The molecule has 3 N–H and O–H groups in total. The van der Waals surface area contributed by atoms with E-state index < -0.39 is 0 Å². The molecule has 0 aromatic heterocycles. The highest BCUT2D eigenvalue weighted by Gasteiger charge is 2.20. The van der Waals surface area contributed by atoms with E-state index in [2.05, 4.69) is 0 Å². The normalized spacial score (nSPS) is 10.8. The second-order valence-electron chi connectivity index (χ2n) is 8.34. The van der Waals surface area contributed by atoms with Gasteiger partial charge in [-0.25, -0.2) is 0 Å². The van der Waals surface area contributed by atoms with Crippen LogP contribution in [-0.2, 0) is 0 Å². The monoisotopic (exact) mass is 441 g/mol. The van der Waals surface area contributed by atoms with Crippen molar-refractivity contribution in [2.45, 2.75) is 27.7 Å². The highest BCUT2D eigenvalue weighted by molar-refractivity contribution is 5.82. The van der Waals surface area contributed by atoms with Gasteiger partial charge in [-0.15, -0.1) is 0 Å². The summed E-state index contributed by atoms with van der Waals surface area (Å²) in [5, 5.41) is 30.7. The van der Waals surface area contributed by atoms with Crippen molar-refractivity contribution >= 4 is 17.1 Å². The Morgan fingerprint density at radius 1 is 0.606 bits per heavy atom. The molecule has 0 heterocycles. The van der Waals surface area contributed by atoms with Crippen LogP contribution in [0.1, 0.15) is 22.3 Å². The van der Waals surface area contributed by atoms with Crippen molar-refractivity contribution in [3.05, 3.63) is 95.1 Å². The maximum Gasteiger partial charge on any atom is 0.151 e. The summed E-state index contributed by atoms with van der Waals surface area (Å²) < 4.78 is 6.32. The Morgan fingerprint density at radius 2 is 1.15 bits per heavy atom. The number of aromatic hydroxyl groups is 3. The molecule has 4 aromatic rings. The minimum atomic E-state index is 0.134. The molecule has 0 radical (unpaired) electrons. The number of ether oxygens (including phenoxy) is 1. The number of hydrogen-bond acceptors (Lipinski definition) is 5. The lowest BCUT2D eigenvalue weighted by Gasteiger charge is -2.28. The van der Waals surface area contributed by atoms with Gasteiger partial charge >= 0.3 is 0 Å². The molecule has 0 amide bonds. The number of hydrogen-bond donors (Lipinski definition) is 3. The van der Waals surface area contributed by atoms with E-state index in [-0.39, 0.29) is 17.2 Å². The summed E-state index contributed by atoms with van der Waals surface area (Å²) >= 11 is 0. The topological polar surface area (TPSA) is 73.2 Å². The minimum absolute atomic E-state index is 0.134. The molecule has 0 atom stereocenters. The van der Waals surface area contributed by atoms with Gasteiger partial charge in [0.1, 0.15) is 23.0 Å². The summed E-state index contributed by atoms with van der Waals surface area (Å²) in [5.74, 6) is 1.54. The fourth-order valence-corrected chi connectivity index (χ4v) is 3.93. The molecule has 0 saturated heterocycles. The maximum absolute atomic E-state index is 10.3. The number of rotatable bonds is 5. The van der Waals surface area contributed by atoms with Crippen molar-refractivity contribution < 1.29 is 20.1 Å². The number of phenolic OH excluding ortho intramolecular Hbond substituents is 3. The van der Waals surface area contributed by atoms with Crippen molar-refractivity contribution in [1.82, 2.24) is 0 Å². The van der Waals surface area contributed by atoms with Crippen LogP contribution in [0.2, 0.25) is 0 Å². The molecule has 0 spiro atoms. The van der Waals surface area contributed by atoms with Gasteiger partial charge in [-0.2, -0.15) is 0 Å². The van der Waals surface area contributed by atoms with Crippen LogP contribution in [0.4, 0.5) is 17.1 Å². The smallest absolute Gasteiger partial charge is 0.151 e. The SMILES string of the molecule is Cc1cc(O)cc(N(c2cc(C)cc(O)c2)c2ccccc2Oc2cc(O)cc(C)c2C)c1. The molecular formula is C28H27NO4. The second kappa shape index (κ2) is 8.79. The minimum Gasteiger partial charge on any atom is -0.508 e. The third-order valence-electron chi connectivity index (χ3n) is 5.54. The van der Waals surface area contributed by atoms with Crippen LogP contribution in [0.25, 0.3) is 0 Å². The van der Waals surface area contributed by atoms with Crippen LogP contribution in [0.5, 0.6) is 28.7 Å². The molecule has 0 aliphatic heterocycles. The first kappa shape index (κ1) is 22.1. The van der Waals surface area contributed by atoms with Crippen LogP contribution in [0.3, 0.4) is 0 Å². The molecular weight excluding hydrogens is 414 g/mol. The average Bonchev–Trinajstić information content (AvgIpc) is 2.72. The van der Waals surface area contributed by atoms with Crippen LogP contribution < -0.4 is 9.64 Å². The van der Waals surface area contributed by atoms with Crippen LogP contribution >= 0.6 is 0 Å². The third kappa shape index (κ3) is 4.72. The summed E-state index contributed by atoms with van der Waals surface area (Å²) in [4.78, 5) is 1.93. The van der Waals surface area contributed by atoms with E-state index in [0.29, 0.717) is 17.2 Å². The first-order chi connectivity index (χ1) is 15.7. The molecule has 168 valence electrons. The molecule has 0 fully saturated rings. The van der Waals surface area contributed by atoms with E-state index in [0.717, 1.165) is 33.6 Å². The van der Waals surface area contributed by atoms with Crippen LogP contribution in [0, 0.1) is 27.7 Å².